The van der Waals surface area contributed by atoms with Crippen molar-refractivity contribution >= 4 is 23.1 Å². The van der Waals surface area contributed by atoms with Crippen molar-refractivity contribution in [2.45, 2.75) is 29.1 Å². The summed E-state index contributed by atoms with van der Waals surface area (Å²) >= 11 is 2.92. The summed E-state index contributed by atoms with van der Waals surface area (Å²) in [6.45, 7) is 3.58. The Morgan fingerprint density at radius 3 is 2.82 bits per heavy atom. The first-order valence-electron chi connectivity index (χ1n) is 5.07. The van der Waals surface area contributed by atoms with Crippen molar-refractivity contribution in [2.24, 2.45) is 5.73 Å². The van der Waals surface area contributed by atoms with E-state index in [0.29, 0.717) is 5.56 Å². The first-order valence-corrected chi connectivity index (χ1v) is 6.77. The highest BCUT2D eigenvalue weighted by Gasteiger charge is 2.13. The quantitative estimate of drug-likeness (QED) is 0.930. The van der Waals surface area contributed by atoms with Crippen molar-refractivity contribution in [1.82, 2.24) is 10.2 Å². The van der Waals surface area contributed by atoms with Crippen molar-refractivity contribution in [3.05, 3.63) is 34.6 Å². The van der Waals surface area contributed by atoms with Crippen molar-refractivity contribution in [3.8, 4) is 0 Å². The van der Waals surface area contributed by atoms with Crippen molar-refractivity contribution in [2.75, 3.05) is 0 Å². The summed E-state index contributed by atoms with van der Waals surface area (Å²) in [4.78, 5) is 0.940. The van der Waals surface area contributed by atoms with Gasteiger partial charge in [0.05, 0.1) is 0 Å². The van der Waals surface area contributed by atoms with Crippen LogP contribution in [0.4, 0.5) is 4.39 Å². The van der Waals surface area contributed by atoms with E-state index in [4.69, 9.17) is 5.73 Å². The molecule has 0 radical (unpaired) electrons. The predicted molar refractivity (Wildman–Crippen MR) is 67.8 cm³/mol. The molecule has 6 heteroatoms. The number of aromatic nitrogens is 2. The van der Waals surface area contributed by atoms with Crippen LogP contribution in [0.15, 0.2) is 26.9 Å². The molecule has 2 N–H and O–H groups in total. The summed E-state index contributed by atoms with van der Waals surface area (Å²) in [7, 11) is 0. The average Bonchev–Trinajstić information content (AvgIpc) is 2.75. The largest absolute Gasteiger partial charge is 0.324 e. The van der Waals surface area contributed by atoms with Gasteiger partial charge in [0.1, 0.15) is 11.3 Å². The van der Waals surface area contributed by atoms with E-state index >= 15 is 0 Å². The monoisotopic (exact) mass is 269 g/mol. The lowest BCUT2D eigenvalue weighted by Crippen LogP contribution is -2.07. The predicted octanol–water partition coefficient (Wildman–Crippen LogP) is 3.16. The Bertz CT molecular complexity index is 512. The number of benzene rings is 1. The maximum atomic E-state index is 13.5. The molecule has 90 valence electrons. The van der Waals surface area contributed by atoms with Crippen LogP contribution in [-0.2, 0) is 0 Å². The van der Waals surface area contributed by atoms with Gasteiger partial charge in [-0.25, -0.2) is 4.39 Å². The fraction of sp³-hybridized carbons (Fsp3) is 0.273. The van der Waals surface area contributed by atoms with Gasteiger partial charge >= 0.3 is 0 Å². The minimum atomic E-state index is -0.223. The molecule has 0 fully saturated rings. The van der Waals surface area contributed by atoms with Crippen molar-refractivity contribution < 1.29 is 4.39 Å². The molecule has 17 heavy (non-hydrogen) atoms. The molecule has 2 aromatic rings. The van der Waals surface area contributed by atoms with Gasteiger partial charge in [-0.2, -0.15) is 0 Å². The third-order valence-electron chi connectivity index (χ3n) is 2.32. The lowest BCUT2D eigenvalue weighted by molar-refractivity contribution is 0.610. The molecule has 0 spiro atoms. The SMILES string of the molecule is Cc1cc(Sc2nncs2)c([C@@H](C)N)cc1F. The minimum Gasteiger partial charge on any atom is -0.324 e. The van der Waals surface area contributed by atoms with Gasteiger partial charge < -0.3 is 5.73 Å². The second-order valence-corrected chi connectivity index (χ2v) is 5.86. The van der Waals surface area contributed by atoms with Gasteiger partial charge in [-0.3, -0.25) is 0 Å². The normalized spacial score (nSPS) is 12.7. The highest BCUT2D eigenvalue weighted by molar-refractivity contribution is 8.01. The molecule has 0 aliphatic heterocycles. The summed E-state index contributed by atoms with van der Waals surface area (Å²) in [6, 6.07) is 3.10. The maximum absolute atomic E-state index is 13.5. The van der Waals surface area contributed by atoms with E-state index in [2.05, 4.69) is 10.2 Å². The number of rotatable bonds is 3. The van der Waals surface area contributed by atoms with Gasteiger partial charge in [-0.05, 0) is 37.1 Å². The standard InChI is InChI=1S/C11H12FN3S2/c1-6-3-10(17-11-15-14-5-16-11)8(7(2)13)4-9(6)12/h3-5,7H,13H2,1-2H3/t7-/m1/s1. The molecule has 3 nitrogen and oxygen atoms in total. The van der Waals surface area contributed by atoms with Crippen molar-refractivity contribution in [1.29, 1.82) is 0 Å². The molecule has 1 aromatic heterocycles. The minimum absolute atomic E-state index is 0.208. The van der Waals surface area contributed by atoms with Crippen LogP contribution in [-0.4, -0.2) is 10.2 Å². The zero-order valence-corrected chi connectivity index (χ0v) is 11.1. The molecular formula is C11H12FN3S2. The van der Waals surface area contributed by atoms with E-state index in [0.717, 1.165) is 14.8 Å². The molecule has 0 aliphatic rings. The number of nitrogens with two attached hydrogens (primary N) is 1. The van der Waals surface area contributed by atoms with Crippen LogP contribution in [0.5, 0.6) is 0 Å². The van der Waals surface area contributed by atoms with Crippen LogP contribution >= 0.6 is 23.1 Å². The Morgan fingerprint density at radius 2 is 2.24 bits per heavy atom. The van der Waals surface area contributed by atoms with Crippen LogP contribution in [0.3, 0.4) is 0 Å². The first-order chi connectivity index (χ1) is 8.08. The Hall–Kier alpha value is -0.980. The zero-order valence-electron chi connectivity index (χ0n) is 9.48. The fourth-order valence-electron chi connectivity index (χ4n) is 1.42. The number of nitrogens with zero attached hydrogens (tertiary/aromatic N) is 2. The Morgan fingerprint density at radius 1 is 1.47 bits per heavy atom. The summed E-state index contributed by atoms with van der Waals surface area (Å²) in [5, 5.41) is 7.74. The topological polar surface area (TPSA) is 51.8 Å². The lowest BCUT2D eigenvalue weighted by atomic mass is 10.1. The van der Waals surface area contributed by atoms with Crippen molar-refractivity contribution in [3.63, 3.8) is 0 Å². The molecule has 0 unspecified atom stereocenters. The van der Waals surface area contributed by atoms with E-state index in [9.17, 15) is 4.39 Å². The first kappa shape index (κ1) is 12.5. The molecule has 2 rings (SSSR count). The Balaban J connectivity index is 2.41. The van der Waals surface area contributed by atoms with E-state index < -0.39 is 0 Å². The second kappa shape index (κ2) is 5.12. The van der Waals surface area contributed by atoms with Crippen LogP contribution in [0.2, 0.25) is 0 Å². The highest BCUT2D eigenvalue weighted by Crippen LogP contribution is 2.34. The average molecular weight is 269 g/mol. The molecule has 0 bridgehead atoms. The van der Waals surface area contributed by atoms with E-state index in [-0.39, 0.29) is 11.9 Å². The summed E-state index contributed by atoms with van der Waals surface area (Å²) in [5.41, 5.74) is 8.93. The summed E-state index contributed by atoms with van der Waals surface area (Å²) in [6.07, 6.45) is 0. The number of halogens is 1. The van der Waals surface area contributed by atoms with Crippen LogP contribution in [0.25, 0.3) is 0 Å². The van der Waals surface area contributed by atoms with Gasteiger partial charge in [-0.1, -0.05) is 23.1 Å². The number of aryl methyl sites for hydroxylation is 1. The Labute approximate surface area is 107 Å². The Kier molecular flexibility index (Phi) is 3.76. The van der Waals surface area contributed by atoms with Gasteiger partial charge in [0.15, 0.2) is 4.34 Å². The summed E-state index contributed by atoms with van der Waals surface area (Å²) in [5.74, 6) is -0.223. The van der Waals surface area contributed by atoms with E-state index in [1.54, 1.807) is 18.5 Å². The number of hydrogen-bond donors (Lipinski definition) is 1. The van der Waals surface area contributed by atoms with Gasteiger partial charge in [0, 0.05) is 10.9 Å². The third kappa shape index (κ3) is 2.83. The molecule has 1 atom stereocenters. The molecule has 1 aromatic carbocycles. The second-order valence-electron chi connectivity index (χ2n) is 3.73. The lowest BCUT2D eigenvalue weighted by Gasteiger charge is -2.12. The van der Waals surface area contributed by atoms with Crippen LogP contribution in [0, 0.1) is 12.7 Å². The molecule has 0 amide bonds. The van der Waals surface area contributed by atoms with Gasteiger partial charge in [0.2, 0.25) is 0 Å². The summed E-state index contributed by atoms with van der Waals surface area (Å²) < 4.78 is 14.3. The fourth-order valence-corrected chi connectivity index (χ4v) is 3.16. The molecule has 0 aliphatic carbocycles. The molecule has 0 saturated heterocycles. The number of hydrogen-bond acceptors (Lipinski definition) is 5. The smallest absolute Gasteiger partial charge is 0.178 e. The molecule has 0 saturated carbocycles. The van der Waals surface area contributed by atoms with Crippen LogP contribution in [0.1, 0.15) is 24.1 Å². The maximum Gasteiger partial charge on any atom is 0.178 e. The molecular weight excluding hydrogens is 257 g/mol. The van der Waals surface area contributed by atoms with E-state index in [1.165, 1.54) is 29.2 Å². The zero-order chi connectivity index (χ0) is 12.4. The third-order valence-corrected chi connectivity index (χ3v) is 4.17. The van der Waals surface area contributed by atoms with Gasteiger partial charge in [-0.15, -0.1) is 10.2 Å². The van der Waals surface area contributed by atoms with E-state index in [1.807, 2.05) is 6.92 Å². The molecule has 1 heterocycles. The highest BCUT2D eigenvalue weighted by atomic mass is 32.2. The van der Waals surface area contributed by atoms with Crippen LogP contribution < -0.4 is 5.73 Å². The van der Waals surface area contributed by atoms with Gasteiger partial charge in [0.25, 0.3) is 0 Å².